The van der Waals surface area contributed by atoms with E-state index in [0.717, 1.165) is 10.9 Å². The lowest BCUT2D eigenvalue weighted by Gasteiger charge is -2.24. The highest BCUT2D eigenvalue weighted by Gasteiger charge is 2.42. The van der Waals surface area contributed by atoms with Gasteiger partial charge >= 0.3 is 12.1 Å². The lowest BCUT2D eigenvalue weighted by atomic mass is 10.1. The van der Waals surface area contributed by atoms with E-state index >= 15 is 0 Å². The average Bonchev–Trinajstić information content (AvgIpc) is 2.70. The Morgan fingerprint density at radius 2 is 1.91 bits per heavy atom. The molecule has 1 unspecified atom stereocenters. The molecule has 0 radical (unpaired) electrons. The maximum absolute atomic E-state index is 13.2. The smallest absolute Gasteiger partial charge is 0.433 e. The van der Waals surface area contributed by atoms with Gasteiger partial charge in [0, 0.05) is 6.04 Å². The van der Waals surface area contributed by atoms with Crippen LogP contribution in [0, 0.1) is 0 Å². The summed E-state index contributed by atoms with van der Waals surface area (Å²) in [5, 5.41) is 14.5. The van der Waals surface area contributed by atoms with Gasteiger partial charge in [-0.25, -0.2) is 0 Å². The van der Waals surface area contributed by atoms with Crippen molar-refractivity contribution in [3.05, 3.63) is 17.5 Å². The largest absolute Gasteiger partial charge is 0.481 e. The molecule has 1 aromatic rings. The quantitative estimate of drug-likeness (QED) is 0.891. The van der Waals surface area contributed by atoms with Gasteiger partial charge in [0.2, 0.25) is 0 Å². The number of nitrogens with one attached hydrogen (secondary N) is 1. The van der Waals surface area contributed by atoms with Crippen LogP contribution in [-0.2, 0) is 16.5 Å². The number of aromatic nitrogens is 2. The molecular weight excluding hydrogens is 303 g/mol. The van der Waals surface area contributed by atoms with E-state index in [1.165, 1.54) is 27.7 Å². The van der Waals surface area contributed by atoms with Crippen molar-refractivity contribution in [1.29, 1.82) is 0 Å². The molecule has 0 aromatic carbocycles. The van der Waals surface area contributed by atoms with Gasteiger partial charge in [0.1, 0.15) is 0 Å². The molecule has 0 spiro atoms. The first kappa shape index (κ1) is 18.0. The van der Waals surface area contributed by atoms with Crippen molar-refractivity contribution < 1.29 is 27.9 Å². The van der Waals surface area contributed by atoms with Gasteiger partial charge in [0.15, 0.2) is 5.69 Å². The molecule has 0 aliphatic heterocycles. The molecule has 0 saturated heterocycles. The molecule has 0 aliphatic rings. The maximum Gasteiger partial charge on any atom is 0.433 e. The minimum atomic E-state index is -4.76. The van der Waals surface area contributed by atoms with Crippen molar-refractivity contribution in [3.8, 4) is 0 Å². The maximum atomic E-state index is 13.2. The van der Waals surface area contributed by atoms with Crippen LogP contribution in [0.3, 0.4) is 0 Å². The highest BCUT2D eigenvalue weighted by molar-refractivity contribution is 5.95. The van der Waals surface area contributed by atoms with Crippen LogP contribution in [0.25, 0.3) is 0 Å². The Hall–Kier alpha value is -2.06. The Morgan fingerprint density at radius 3 is 2.32 bits per heavy atom. The first-order chi connectivity index (χ1) is 9.84. The molecular formula is C13H18F3N3O3. The fourth-order valence-corrected chi connectivity index (χ4v) is 1.91. The molecule has 6 nitrogen and oxygen atoms in total. The number of hydrogen-bond acceptors (Lipinski definition) is 3. The number of rotatable bonds is 4. The second kappa shape index (κ2) is 5.98. The fourth-order valence-electron chi connectivity index (χ4n) is 1.91. The first-order valence-corrected chi connectivity index (χ1v) is 6.52. The van der Waals surface area contributed by atoms with E-state index in [1.807, 2.05) is 0 Å². The minimum absolute atomic E-state index is 0.388. The fraction of sp³-hybridized carbons (Fsp3) is 0.615. The van der Waals surface area contributed by atoms with Crippen LogP contribution in [0.5, 0.6) is 0 Å². The Labute approximate surface area is 125 Å². The highest BCUT2D eigenvalue weighted by atomic mass is 19.4. The van der Waals surface area contributed by atoms with Crippen molar-refractivity contribution in [1.82, 2.24) is 15.1 Å². The average molecular weight is 321 g/mol. The molecule has 0 bridgehead atoms. The summed E-state index contributed by atoms with van der Waals surface area (Å²) in [6.45, 7) is 5.99. The molecule has 1 amide bonds. The van der Waals surface area contributed by atoms with Crippen LogP contribution < -0.4 is 5.32 Å². The second-order valence-electron chi connectivity index (χ2n) is 5.96. The highest BCUT2D eigenvalue weighted by Crippen LogP contribution is 2.34. The monoisotopic (exact) mass is 321 g/mol. The summed E-state index contributed by atoms with van der Waals surface area (Å²) >= 11 is 0. The van der Waals surface area contributed by atoms with Gasteiger partial charge in [-0.15, -0.1) is 0 Å². The molecule has 9 heteroatoms. The normalized spacial score (nSPS) is 13.8. The SMILES string of the molecule is CC(CC(=O)O)NC(=O)c1cnn(C(C)(C)C)c1C(F)(F)F. The van der Waals surface area contributed by atoms with Crippen LogP contribution in [0.4, 0.5) is 13.2 Å². The topological polar surface area (TPSA) is 84.2 Å². The summed E-state index contributed by atoms with van der Waals surface area (Å²) in [5.41, 5.74) is -2.74. The van der Waals surface area contributed by atoms with Gasteiger partial charge in [-0.05, 0) is 27.7 Å². The van der Waals surface area contributed by atoms with Crippen molar-refractivity contribution in [2.45, 2.75) is 51.9 Å². The number of nitrogens with zero attached hydrogens (tertiary/aromatic N) is 2. The molecule has 1 heterocycles. The molecule has 1 rings (SSSR count). The lowest BCUT2D eigenvalue weighted by Crippen LogP contribution is -2.36. The summed E-state index contributed by atoms with van der Waals surface area (Å²) < 4.78 is 40.5. The molecule has 0 aliphatic carbocycles. The number of carboxylic acid groups (broad SMARTS) is 1. The minimum Gasteiger partial charge on any atom is -0.481 e. The molecule has 0 fully saturated rings. The molecule has 2 N–H and O–H groups in total. The van der Waals surface area contributed by atoms with Gasteiger partial charge in [-0.2, -0.15) is 18.3 Å². The third-order valence-corrected chi connectivity index (χ3v) is 2.78. The van der Waals surface area contributed by atoms with Crippen molar-refractivity contribution in [2.75, 3.05) is 0 Å². The van der Waals surface area contributed by atoms with Crippen LogP contribution in [0.1, 0.15) is 50.2 Å². The van der Waals surface area contributed by atoms with Crippen LogP contribution in [0.15, 0.2) is 6.20 Å². The van der Waals surface area contributed by atoms with E-state index in [2.05, 4.69) is 10.4 Å². The number of amides is 1. The number of alkyl halides is 3. The number of aliphatic carboxylic acids is 1. The van der Waals surface area contributed by atoms with E-state index in [0.29, 0.717) is 0 Å². The van der Waals surface area contributed by atoms with Crippen molar-refractivity contribution >= 4 is 11.9 Å². The van der Waals surface area contributed by atoms with E-state index < -0.39 is 40.9 Å². The summed E-state index contributed by atoms with van der Waals surface area (Å²) in [6, 6.07) is -0.802. The summed E-state index contributed by atoms with van der Waals surface area (Å²) in [5.74, 6) is -2.16. The Balaban J connectivity index is 3.18. The summed E-state index contributed by atoms with van der Waals surface area (Å²) in [6.07, 6.45) is -4.30. The van der Waals surface area contributed by atoms with Gasteiger partial charge in [-0.1, -0.05) is 0 Å². The number of carbonyl (C=O) groups is 2. The van der Waals surface area contributed by atoms with Gasteiger partial charge < -0.3 is 10.4 Å². The molecule has 22 heavy (non-hydrogen) atoms. The third-order valence-electron chi connectivity index (χ3n) is 2.78. The van der Waals surface area contributed by atoms with Crippen LogP contribution in [0.2, 0.25) is 0 Å². The van der Waals surface area contributed by atoms with Gasteiger partial charge in [0.25, 0.3) is 5.91 Å². The predicted octanol–water partition coefficient (Wildman–Crippen LogP) is 2.25. The van der Waals surface area contributed by atoms with Crippen LogP contribution >= 0.6 is 0 Å². The zero-order valence-electron chi connectivity index (χ0n) is 12.7. The zero-order chi connectivity index (χ0) is 17.3. The zero-order valence-corrected chi connectivity index (χ0v) is 12.7. The van der Waals surface area contributed by atoms with E-state index in [4.69, 9.17) is 5.11 Å². The number of halogens is 3. The van der Waals surface area contributed by atoms with E-state index in [1.54, 1.807) is 0 Å². The molecule has 124 valence electrons. The number of hydrogen-bond donors (Lipinski definition) is 2. The Bertz CT molecular complexity index is 573. The summed E-state index contributed by atoms with van der Waals surface area (Å²) in [7, 11) is 0. The second-order valence-corrected chi connectivity index (χ2v) is 5.96. The Kier molecular flexibility index (Phi) is 4.89. The third kappa shape index (κ3) is 4.22. The lowest BCUT2D eigenvalue weighted by molar-refractivity contribution is -0.146. The van der Waals surface area contributed by atoms with Gasteiger partial charge in [0.05, 0.1) is 23.7 Å². The number of carboxylic acids is 1. The number of carbonyl (C=O) groups excluding carboxylic acids is 1. The predicted molar refractivity (Wildman–Crippen MR) is 71.4 cm³/mol. The molecule has 1 aromatic heterocycles. The van der Waals surface area contributed by atoms with E-state index in [-0.39, 0.29) is 6.42 Å². The first-order valence-electron chi connectivity index (χ1n) is 6.52. The van der Waals surface area contributed by atoms with Crippen molar-refractivity contribution in [3.63, 3.8) is 0 Å². The molecule has 0 saturated carbocycles. The van der Waals surface area contributed by atoms with Crippen molar-refractivity contribution in [2.24, 2.45) is 0 Å². The van der Waals surface area contributed by atoms with E-state index in [9.17, 15) is 22.8 Å². The Morgan fingerprint density at radius 1 is 1.36 bits per heavy atom. The van der Waals surface area contributed by atoms with Crippen LogP contribution in [-0.4, -0.2) is 32.8 Å². The standard InChI is InChI=1S/C13H18F3N3O3/c1-7(5-9(20)21)18-11(22)8-6-17-19(12(2,3)4)10(8)13(14,15)16/h6-7H,5H2,1-4H3,(H,18,22)(H,20,21). The summed E-state index contributed by atoms with van der Waals surface area (Å²) in [4.78, 5) is 22.5. The van der Waals surface area contributed by atoms with Gasteiger partial charge in [-0.3, -0.25) is 14.3 Å². The molecule has 1 atom stereocenters.